The zero-order valence-electron chi connectivity index (χ0n) is 8.25. The smallest absolute Gasteiger partial charge is 0.221 e. The molecular formula is C9H19N3O. The van der Waals surface area contributed by atoms with Crippen LogP contribution in [0.3, 0.4) is 0 Å². The van der Waals surface area contributed by atoms with Gasteiger partial charge in [-0.2, -0.15) is 0 Å². The lowest BCUT2D eigenvalue weighted by molar-refractivity contribution is -0.121. The van der Waals surface area contributed by atoms with Crippen LogP contribution in [-0.4, -0.2) is 43.0 Å². The number of carbonyl (C=O) groups is 1. The molecule has 1 rings (SSSR count). The van der Waals surface area contributed by atoms with Crippen LogP contribution in [0.2, 0.25) is 0 Å². The van der Waals surface area contributed by atoms with Gasteiger partial charge in [-0.3, -0.25) is 4.79 Å². The Bertz CT molecular complexity index is 172. The average Bonchev–Trinajstić information content (AvgIpc) is 2.23. The lowest BCUT2D eigenvalue weighted by Crippen LogP contribution is -2.37. The second-order valence-electron chi connectivity index (χ2n) is 3.66. The highest BCUT2D eigenvalue weighted by atomic mass is 16.1. The summed E-state index contributed by atoms with van der Waals surface area (Å²) in [6.07, 6.45) is 1.63. The summed E-state index contributed by atoms with van der Waals surface area (Å²) in [4.78, 5) is 13.5. The lowest BCUT2D eigenvalue weighted by atomic mass is 10.3. The second kappa shape index (κ2) is 5.19. The minimum atomic E-state index is 0.169. The van der Waals surface area contributed by atoms with Crippen molar-refractivity contribution in [2.75, 3.05) is 26.2 Å². The normalized spacial score (nSPS) is 25.4. The molecule has 1 saturated heterocycles. The molecule has 1 fully saturated rings. The van der Waals surface area contributed by atoms with E-state index < -0.39 is 0 Å². The van der Waals surface area contributed by atoms with Gasteiger partial charge in [-0.25, -0.2) is 0 Å². The predicted octanol–water partition coefficient (Wildman–Crippen LogP) is -0.454. The van der Waals surface area contributed by atoms with Crippen LogP contribution in [0.15, 0.2) is 0 Å². The van der Waals surface area contributed by atoms with E-state index >= 15 is 0 Å². The van der Waals surface area contributed by atoms with Crippen LogP contribution in [0.4, 0.5) is 0 Å². The maximum Gasteiger partial charge on any atom is 0.221 e. The summed E-state index contributed by atoms with van der Waals surface area (Å²) in [6.45, 7) is 5.60. The molecule has 76 valence electrons. The molecule has 0 aromatic rings. The van der Waals surface area contributed by atoms with E-state index in [1.807, 2.05) is 6.92 Å². The van der Waals surface area contributed by atoms with Crippen molar-refractivity contribution < 1.29 is 4.79 Å². The largest absolute Gasteiger partial charge is 0.352 e. The Morgan fingerprint density at radius 3 is 3.15 bits per heavy atom. The van der Waals surface area contributed by atoms with Crippen LogP contribution < -0.4 is 11.1 Å². The van der Waals surface area contributed by atoms with Gasteiger partial charge < -0.3 is 16.0 Å². The van der Waals surface area contributed by atoms with Gasteiger partial charge in [-0.1, -0.05) is 0 Å². The van der Waals surface area contributed by atoms with Crippen LogP contribution in [-0.2, 0) is 4.79 Å². The molecule has 0 spiro atoms. The van der Waals surface area contributed by atoms with Crippen molar-refractivity contribution in [3.63, 3.8) is 0 Å². The third kappa shape index (κ3) is 3.74. The van der Waals surface area contributed by atoms with Gasteiger partial charge in [0.1, 0.15) is 0 Å². The van der Waals surface area contributed by atoms with E-state index in [9.17, 15) is 4.79 Å². The first kappa shape index (κ1) is 10.5. The zero-order chi connectivity index (χ0) is 9.68. The Hall–Kier alpha value is -0.610. The summed E-state index contributed by atoms with van der Waals surface area (Å²) >= 11 is 0. The molecular weight excluding hydrogens is 166 g/mol. The van der Waals surface area contributed by atoms with Gasteiger partial charge in [0.2, 0.25) is 5.91 Å². The molecule has 13 heavy (non-hydrogen) atoms. The molecule has 3 N–H and O–H groups in total. The third-order valence-corrected chi connectivity index (χ3v) is 2.27. The fraction of sp³-hybridized carbons (Fsp3) is 0.889. The highest BCUT2D eigenvalue weighted by molar-refractivity contribution is 5.76. The molecule has 0 aliphatic carbocycles. The van der Waals surface area contributed by atoms with Crippen molar-refractivity contribution >= 4 is 5.91 Å². The number of hydrogen-bond acceptors (Lipinski definition) is 3. The summed E-state index contributed by atoms with van der Waals surface area (Å²) in [5, 5.41) is 2.94. The van der Waals surface area contributed by atoms with E-state index in [4.69, 9.17) is 5.73 Å². The van der Waals surface area contributed by atoms with Gasteiger partial charge in [0, 0.05) is 25.6 Å². The number of nitrogens with two attached hydrogens (primary N) is 1. The Kier molecular flexibility index (Phi) is 4.18. The van der Waals surface area contributed by atoms with Crippen molar-refractivity contribution in [3.8, 4) is 0 Å². The molecule has 4 heteroatoms. The van der Waals surface area contributed by atoms with Crippen molar-refractivity contribution in [2.24, 2.45) is 5.73 Å². The second-order valence-corrected chi connectivity index (χ2v) is 3.66. The summed E-state index contributed by atoms with van der Waals surface area (Å²) in [5.74, 6) is 0.169. The molecule has 1 atom stereocenters. The molecule has 0 aromatic heterocycles. The Labute approximate surface area is 79.5 Å². The van der Waals surface area contributed by atoms with Crippen LogP contribution in [0.25, 0.3) is 0 Å². The van der Waals surface area contributed by atoms with Crippen molar-refractivity contribution in [3.05, 3.63) is 0 Å². The first-order valence-electron chi connectivity index (χ1n) is 4.94. The Morgan fingerprint density at radius 2 is 2.46 bits per heavy atom. The SMILES string of the molecule is CC1CN(CCCN)CCC(=O)N1. The number of hydrogen-bond donors (Lipinski definition) is 2. The summed E-state index contributed by atoms with van der Waals surface area (Å²) in [7, 11) is 0. The standard InChI is InChI=1S/C9H19N3O/c1-8-7-12(5-2-4-10)6-3-9(13)11-8/h8H,2-7,10H2,1H3,(H,11,13). The van der Waals surface area contributed by atoms with Crippen molar-refractivity contribution in [1.29, 1.82) is 0 Å². The maximum absolute atomic E-state index is 11.2. The third-order valence-electron chi connectivity index (χ3n) is 2.27. The average molecular weight is 185 g/mol. The summed E-state index contributed by atoms with van der Waals surface area (Å²) in [6, 6.07) is 0.271. The van der Waals surface area contributed by atoms with Crippen molar-refractivity contribution in [1.82, 2.24) is 10.2 Å². The molecule has 1 aliphatic heterocycles. The molecule has 0 radical (unpaired) electrons. The van der Waals surface area contributed by atoms with Gasteiger partial charge in [-0.15, -0.1) is 0 Å². The number of nitrogens with one attached hydrogen (secondary N) is 1. The molecule has 0 bridgehead atoms. The molecule has 1 heterocycles. The van der Waals surface area contributed by atoms with E-state index in [-0.39, 0.29) is 11.9 Å². The van der Waals surface area contributed by atoms with E-state index in [0.717, 1.165) is 32.6 Å². The van der Waals surface area contributed by atoms with E-state index in [2.05, 4.69) is 10.2 Å². The fourth-order valence-corrected chi connectivity index (χ4v) is 1.65. The highest BCUT2D eigenvalue weighted by Gasteiger charge is 2.17. The van der Waals surface area contributed by atoms with Crippen LogP contribution >= 0.6 is 0 Å². The summed E-state index contributed by atoms with van der Waals surface area (Å²) < 4.78 is 0. The number of carbonyl (C=O) groups excluding carboxylic acids is 1. The van der Waals surface area contributed by atoms with E-state index in [1.165, 1.54) is 0 Å². The minimum absolute atomic E-state index is 0.169. The molecule has 0 aromatic carbocycles. The Balaban J connectivity index is 2.34. The van der Waals surface area contributed by atoms with Crippen LogP contribution in [0.1, 0.15) is 19.8 Å². The molecule has 1 unspecified atom stereocenters. The van der Waals surface area contributed by atoms with Gasteiger partial charge in [0.05, 0.1) is 0 Å². The van der Waals surface area contributed by atoms with E-state index in [0.29, 0.717) is 6.42 Å². The number of nitrogens with zero attached hydrogens (tertiary/aromatic N) is 1. The first-order valence-corrected chi connectivity index (χ1v) is 4.94. The maximum atomic E-state index is 11.2. The monoisotopic (exact) mass is 185 g/mol. The molecule has 4 nitrogen and oxygen atoms in total. The van der Waals surface area contributed by atoms with Gasteiger partial charge in [-0.05, 0) is 26.4 Å². The fourth-order valence-electron chi connectivity index (χ4n) is 1.65. The van der Waals surface area contributed by atoms with E-state index in [1.54, 1.807) is 0 Å². The van der Waals surface area contributed by atoms with Gasteiger partial charge in [0.25, 0.3) is 0 Å². The lowest BCUT2D eigenvalue weighted by Gasteiger charge is -2.21. The number of amides is 1. The van der Waals surface area contributed by atoms with Gasteiger partial charge in [0.15, 0.2) is 0 Å². The topological polar surface area (TPSA) is 58.4 Å². The highest BCUT2D eigenvalue weighted by Crippen LogP contribution is 2.01. The predicted molar refractivity (Wildman–Crippen MR) is 52.3 cm³/mol. The minimum Gasteiger partial charge on any atom is -0.352 e. The van der Waals surface area contributed by atoms with Gasteiger partial charge >= 0.3 is 0 Å². The van der Waals surface area contributed by atoms with Crippen molar-refractivity contribution in [2.45, 2.75) is 25.8 Å². The summed E-state index contributed by atoms with van der Waals surface area (Å²) in [5.41, 5.74) is 5.44. The first-order chi connectivity index (χ1) is 6.22. The molecule has 1 aliphatic rings. The Morgan fingerprint density at radius 1 is 1.69 bits per heavy atom. The van der Waals surface area contributed by atoms with Crippen LogP contribution in [0.5, 0.6) is 0 Å². The molecule has 0 saturated carbocycles. The quantitative estimate of drug-likeness (QED) is 0.626. The number of rotatable bonds is 3. The van der Waals surface area contributed by atoms with Crippen LogP contribution in [0, 0.1) is 0 Å². The molecule has 1 amide bonds. The zero-order valence-corrected chi connectivity index (χ0v) is 8.25.